The number of benzene rings is 1. The topological polar surface area (TPSA) is 71.3 Å². The van der Waals surface area contributed by atoms with Crippen LogP contribution >= 0.6 is 0 Å². The summed E-state index contributed by atoms with van der Waals surface area (Å²) in [5.74, 6) is -1.66. The minimum absolute atomic E-state index is 0.0526. The summed E-state index contributed by atoms with van der Waals surface area (Å²) in [4.78, 5) is 11.2. The van der Waals surface area contributed by atoms with Gasteiger partial charge in [-0.1, -0.05) is 0 Å². The van der Waals surface area contributed by atoms with Crippen molar-refractivity contribution < 1.29 is 27.4 Å². The number of ether oxygens (including phenoxy) is 2. The first-order chi connectivity index (χ1) is 11.3. The summed E-state index contributed by atoms with van der Waals surface area (Å²) in [5, 5.41) is 11.7. The molecule has 24 heavy (non-hydrogen) atoms. The molecular formula is C16H15F3N2O3. The Morgan fingerprint density at radius 2 is 2.04 bits per heavy atom. The zero-order valence-electron chi connectivity index (χ0n) is 12.6. The van der Waals surface area contributed by atoms with E-state index >= 15 is 0 Å². The summed E-state index contributed by atoms with van der Waals surface area (Å²) in [6, 6.07) is 8.42. The van der Waals surface area contributed by atoms with Crippen molar-refractivity contribution in [2.75, 3.05) is 0 Å². The molecule has 3 rings (SSSR count). The minimum Gasteiger partial charge on any atom is -0.490 e. The van der Waals surface area contributed by atoms with Gasteiger partial charge < -0.3 is 9.47 Å². The second kappa shape index (κ2) is 5.98. The molecule has 0 amide bonds. The molecule has 2 saturated heterocycles. The van der Waals surface area contributed by atoms with Crippen LogP contribution in [0, 0.1) is 11.3 Å². The zero-order chi connectivity index (χ0) is 17.4. The average Bonchev–Trinajstić information content (AvgIpc) is 2.82. The Bertz CT molecular complexity index is 669. The SMILES string of the molecule is N#Cc1ccc(O[C@@H]2C[C@@H]3CC[C@@](OC(=O)C(F)(F)F)(C2)N3)cc1. The molecular weight excluding hydrogens is 325 g/mol. The fraction of sp³-hybridized carbons (Fsp3) is 0.500. The minimum atomic E-state index is -5.02. The molecule has 5 nitrogen and oxygen atoms in total. The van der Waals surface area contributed by atoms with Gasteiger partial charge in [-0.3, -0.25) is 5.32 Å². The highest BCUT2D eigenvalue weighted by Crippen LogP contribution is 2.39. The average molecular weight is 340 g/mol. The third-order valence-corrected chi connectivity index (χ3v) is 4.27. The number of halogens is 3. The summed E-state index contributed by atoms with van der Waals surface area (Å²) in [5.41, 5.74) is -0.837. The third-order valence-electron chi connectivity index (χ3n) is 4.27. The normalized spacial score (nSPS) is 28.9. The summed E-state index contributed by atoms with van der Waals surface area (Å²) in [6.45, 7) is 0. The third kappa shape index (κ3) is 3.46. The molecule has 0 radical (unpaired) electrons. The van der Waals surface area contributed by atoms with Gasteiger partial charge in [0.25, 0.3) is 0 Å². The number of rotatable bonds is 3. The molecule has 1 aromatic carbocycles. The van der Waals surface area contributed by atoms with E-state index in [2.05, 4.69) is 5.32 Å². The highest BCUT2D eigenvalue weighted by atomic mass is 19.4. The predicted molar refractivity (Wildman–Crippen MR) is 75.8 cm³/mol. The van der Waals surface area contributed by atoms with Gasteiger partial charge in [-0.15, -0.1) is 0 Å². The molecule has 2 aliphatic heterocycles. The van der Waals surface area contributed by atoms with Crippen LogP contribution in [-0.2, 0) is 9.53 Å². The van der Waals surface area contributed by atoms with E-state index in [1.807, 2.05) is 6.07 Å². The Hall–Kier alpha value is -2.27. The second-order valence-electron chi connectivity index (χ2n) is 6.08. The molecule has 0 unspecified atom stereocenters. The lowest BCUT2D eigenvalue weighted by atomic mass is 9.99. The molecule has 128 valence electrons. The lowest BCUT2D eigenvalue weighted by molar-refractivity contribution is -0.219. The number of piperidine rings is 1. The first-order valence-corrected chi connectivity index (χ1v) is 7.54. The predicted octanol–water partition coefficient (Wildman–Crippen LogP) is 2.65. The highest BCUT2D eigenvalue weighted by molar-refractivity contribution is 5.76. The molecule has 2 bridgehead atoms. The molecule has 0 spiro atoms. The van der Waals surface area contributed by atoms with E-state index in [0.29, 0.717) is 30.6 Å². The van der Waals surface area contributed by atoms with Crippen LogP contribution in [0.3, 0.4) is 0 Å². The Morgan fingerprint density at radius 3 is 2.67 bits per heavy atom. The van der Waals surface area contributed by atoms with Crippen LogP contribution in [0.5, 0.6) is 5.75 Å². The van der Waals surface area contributed by atoms with Gasteiger partial charge in [-0.25, -0.2) is 4.79 Å². The van der Waals surface area contributed by atoms with Gasteiger partial charge in [0.2, 0.25) is 0 Å². The number of hydrogen-bond acceptors (Lipinski definition) is 5. The van der Waals surface area contributed by atoms with Crippen molar-refractivity contribution in [3.8, 4) is 11.8 Å². The fourth-order valence-electron chi connectivity index (χ4n) is 3.28. The number of hydrogen-bond donors (Lipinski definition) is 1. The molecule has 2 fully saturated rings. The van der Waals surface area contributed by atoms with Crippen molar-refractivity contribution in [2.45, 2.75) is 49.7 Å². The van der Waals surface area contributed by atoms with Crippen molar-refractivity contribution in [2.24, 2.45) is 0 Å². The van der Waals surface area contributed by atoms with Crippen LogP contribution in [-0.4, -0.2) is 30.0 Å². The summed E-state index contributed by atoms with van der Waals surface area (Å²) in [6.07, 6.45) is -3.68. The molecule has 0 aromatic heterocycles. The maximum atomic E-state index is 12.5. The lowest BCUT2D eigenvalue weighted by Crippen LogP contribution is -2.56. The maximum Gasteiger partial charge on any atom is 0.490 e. The Balaban J connectivity index is 1.69. The van der Waals surface area contributed by atoms with Gasteiger partial charge in [-0.2, -0.15) is 18.4 Å². The van der Waals surface area contributed by atoms with Crippen molar-refractivity contribution >= 4 is 5.97 Å². The summed E-state index contributed by atoms with van der Waals surface area (Å²) < 4.78 is 48.0. The van der Waals surface area contributed by atoms with E-state index in [9.17, 15) is 18.0 Å². The van der Waals surface area contributed by atoms with E-state index in [-0.39, 0.29) is 18.6 Å². The van der Waals surface area contributed by atoms with Crippen molar-refractivity contribution in [3.05, 3.63) is 29.8 Å². The van der Waals surface area contributed by atoms with Crippen LogP contribution in [0.2, 0.25) is 0 Å². The first kappa shape index (κ1) is 16.6. The number of nitriles is 1. The largest absolute Gasteiger partial charge is 0.490 e. The van der Waals surface area contributed by atoms with Gasteiger partial charge in [0.15, 0.2) is 5.72 Å². The molecule has 0 aliphatic carbocycles. The maximum absolute atomic E-state index is 12.5. The number of fused-ring (bicyclic) bond motifs is 2. The highest BCUT2D eigenvalue weighted by Gasteiger charge is 2.53. The van der Waals surface area contributed by atoms with E-state index in [1.165, 1.54) is 0 Å². The van der Waals surface area contributed by atoms with Crippen molar-refractivity contribution in [1.82, 2.24) is 5.32 Å². The molecule has 1 N–H and O–H groups in total. The standard InChI is InChI=1S/C16H15F3N2O3/c17-16(18,19)14(22)24-15-6-5-11(21-15)7-13(8-15)23-12-3-1-10(9-20)2-4-12/h1-4,11,13,21H,5-8H2/t11-,13+,15+/m0/s1. The van der Waals surface area contributed by atoms with Crippen LogP contribution in [0.1, 0.15) is 31.2 Å². The molecule has 1 aromatic rings. The molecule has 2 heterocycles. The van der Waals surface area contributed by atoms with Crippen LogP contribution in [0.15, 0.2) is 24.3 Å². The van der Waals surface area contributed by atoms with Gasteiger partial charge in [0, 0.05) is 18.9 Å². The quantitative estimate of drug-likeness (QED) is 0.857. The Morgan fingerprint density at radius 1 is 1.33 bits per heavy atom. The summed E-state index contributed by atoms with van der Waals surface area (Å²) in [7, 11) is 0. The van der Waals surface area contributed by atoms with Gasteiger partial charge in [0.05, 0.1) is 11.6 Å². The molecule has 2 aliphatic rings. The first-order valence-electron chi connectivity index (χ1n) is 7.54. The monoisotopic (exact) mass is 340 g/mol. The smallest absolute Gasteiger partial charge is 0.490 e. The van der Waals surface area contributed by atoms with Crippen LogP contribution in [0.4, 0.5) is 13.2 Å². The van der Waals surface area contributed by atoms with Crippen molar-refractivity contribution in [3.63, 3.8) is 0 Å². The Kier molecular flexibility index (Phi) is 4.13. The zero-order valence-corrected chi connectivity index (χ0v) is 12.6. The number of carbonyl (C=O) groups is 1. The van der Waals surface area contributed by atoms with Gasteiger partial charge >= 0.3 is 12.1 Å². The van der Waals surface area contributed by atoms with E-state index in [4.69, 9.17) is 14.7 Å². The number of alkyl halides is 3. The number of nitrogens with zero attached hydrogens (tertiary/aromatic N) is 1. The fourth-order valence-corrected chi connectivity index (χ4v) is 3.28. The molecule has 8 heteroatoms. The van der Waals surface area contributed by atoms with Gasteiger partial charge in [-0.05, 0) is 37.1 Å². The lowest BCUT2D eigenvalue weighted by Gasteiger charge is -2.38. The number of carbonyl (C=O) groups excluding carboxylic acids is 1. The number of nitrogens with one attached hydrogen (secondary N) is 1. The Labute approximate surface area is 136 Å². The van der Waals surface area contributed by atoms with E-state index in [1.54, 1.807) is 24.3 Å². The van der Waals surface area contributed by atoms with E-state index in [0.717, 1.165) is 0 Å². The number of esters is 1. The van der Waals surface area contributed by atoms with E-state index < -0.39 is 17.9 Å². The second-order valence-corrected chi connectivity index (χ2v) is 6.08. The van der Waals surface area contributed by atoms with Crippen molar-refractivity contribution in [1.29, 1.82) is 5.26 Å². The summed E-state index contributed by atoms with van der Waals surface area (Å²) >= 11 is 0. The van der Waals surface area contributed by atoms with Crippen LogP contribution in [0.25, 0.3) is 0 Å². The molecule has 0 saturated carbocycles. The molecule has 3 atom stereocenters. The van der Waals surface area contributed by atoms with Gasteiger partial charge in [0.1, 0.15) is 11.9 Å². The van der Waals surface area contributed by atoms with Crippen LogP contribution < -0.4 is 10.1 Å².